The number of carbonyl (C=O) groups excluding carboxylic acids is 1. The summed E-state index contributed by atoms with van der Waals surface area (Å²) >= 11 is 6.93. The molecular formula is C16H11Br2NO. The molecule has 0 aliphatic heterocycles. The van der Waals surface area contributed by atoms with Crippen molar-refractivity contribution in [2.75, 3.05) is 0 Å². The Labute approximate surface area is 133 Å². The zero-order chi connectivity index (χ0) is 14.1. The maximum absolute atomic E-state index is 11.2. The van der Waals surface area contributed by atoms with Gasteiger partial charge < -0.3 is 4.57 Å². The number of aldehydes is 1. The molecule has 1 aromatic heterocycles. The minimum Gasteiger partial charge on any atom is -0.342 e. The summed E-state index contributed by atoms with van der Waals surface area (Å²) in [5.74, 6) is 0. The van der Waals surface area contributed by atoms with Gasteiger partial charge in [0.2, 0.25) is 0 Å². The molecule has 0 aliphatic carbocycles. The second kappa shape index (κ2) is 5.54. The number of fused-ring (bicyclic) bond motifs is 1. The lowest BCUT2D eigenvalue weighted by Gasteiger charge is -2.06. The predicted octanol–water partition coefficient (Wildman–Crippen LogP) is 5.03. The van der Waals surface area contributed by atoms with Gasteiger partial charge >= 0.3 is 0 Å². The van der Waals surface area contributed by atoms with Crippen LogP contribution < -0.4 is 0 Å². The number of carbonyl (C=O) groups is 1. The topological polar surface area (TPSA) is 22.0 Å². The Kier molecular flexibility index (Phi) is 3.76. The highest BCUT2D eigenvalue weighted by molar-refractivity contribution is 9.10. The smallest absolute Gasteiger partial charge is 0.152 e. The van der Waals surface area contributed by atoms with Crippen molar-refractivity contribution in [1.29, 1.82) is 0 Å². The first kappa shape index (κ1) is 13.6. The van der Waals surface area contributed by atoms with E-state index in [1.807, 2.05) is 36.5 Å². The van der Waals surface area contributed by atoms with Gasteiger partial charge in [-0.25, -0.2) is 0 Å². The second-order valence-corrected chi connectivity index (χ2v) is 6.45. The summed E-state index contributed by atoms with van der Waals surface area (Å²) in [5, 5.41) is 0.976. The van der Waals surface area contributed by atoms with Crippen molar-refractivity contribution in [3.05, 3.63) is 68.7 Å². The zero-order valence-electron chi connectivity index (χ0n) is 10.5. The maximum Gasteiger partial charge on any atom is 0.152 e. The van der Waals surface area contributed by atoms with Gasteiger partial charge in [0.25, 0.3) is 0 Å². The standard InChI is InChI=1S/C16H11Br2NO/c17-13-3-1-2-11(6-13)8-19-9-12(10-20)15-7-14(18)4-5-16(15)19/h1-7,9-10H,8H2. The van der Waals surface area contributed by atoms with Crippen LogP contribution in [0.25, 0.3) is 10.9 Å². The van der Waals surface area contributed by atoms with Gasteiger partial charge in [-0.3, -0.25) is 4.79 Å². The van der Waals surface area contributed by atoms with Gasteiger partial charge in [-0.05, 0) is 35.9 Å². The summed E-state index contributed by atoms with van der Waals surface area (Å²) in [6, 6.07) is 14.2. The molecule has 0 radical (unpaired) electrons. The van der Waals surface area contributed by atoms with E-state index in [1.54, 1.807) is 0 Å². The predicted molar refractivity (Wildman–Crippen MR) is 88.3 cm³/mol. The Bertz CT molecular complexity index is 792. The van der Waals surface area contributed by atoms with Crippen molar-refractivity contribution in [2.24, 2.45) is 0 Å². The molecule has 0 saturated carbocycles. The van der Waals surface area contributed by atoms with Crippen LogP contribution in [0.1, 0.15) is 15.9 Å². The lowest BCUT2D eigenvalue weighted by molar-refractivity contribution is 0.112. The third kappa shape index (κ3) is 2.58. The lowest BCUT2D eigenvalue weighted by atomic mass is 10.2. The van der Waals surface area contributed by atoms with Gasteiger partial charge in [-0.15, -0.1) is 0 Å². The van der Waals surface area contributed by atoms with Crippen LogP contribution in [-0.2, 0) is 6.54 Å². The van der Waals surface area contributed by atoms with Crippen LogP contribution in [0.3, 0.4) is 0 Å². The van der Waals surface area contributed by atoms with Crippen LogP contribution in [0.2, 0.25) is 0 Å². The van der Waals surface area contributed by atoms with Crippen LogP contribution in [0.15, 0.2) is 57.6 Å². The molecule has 3 aromatic rings. The Balaban J connectivity index is 2.10. The fourth-order valence-corrected chi connectivity index (χ4v) is 3.16. The first-order chi connectivity index (χ1) is 9.67. The van der Waals surface area contributed by atoms with E-state index in [2.05, 4.69) is 48.6 Å². The molecule has 0 fully saturated rings. The quantitative estimate of drug-likeness (QED) is 0.573. The summed E-state index contributed by atoms with van der Waals surface area (Å²) in [6.07, 6.45) is 2.82. The first-order valence-corrected chi connectivity index (χ1v) is 7.74. The Morgan fingerprint density at radius 1 is 1.05 bits per heavy atom. The molecule has 0 bridgehead atoms. The number of rotatable bonds is 3. The fourth-order valence-electron chi connectivity index (χ4n) is 2.35. The van der Waals surface area contributed by atoms with Gasteiger partial charge in [0.1, 0.15) is 0 Å². The number of aromatic nitrogens is 1. The van der Waals surface area contributed by atoms with Crippen LogP contribution >= 0.6 is 31.9 Å². The third-order valence-corrected chi connectivity index (χ3v) is 4.23. The second-order valence-electron chi connectivity index (χ2n) is 4.62. The normalized spacial score (nSPS) is 10.9. The SMILES string of the molecule is O=Cc1cn(Cc2cccc(Br)c2)c2ccc(Br)cc12. The van der Waals surface area contributed by atoms with Crippen molar-refractivity contribution >= 4 is 49.0 Å². The molecule has 2 aromatic carbocycles. The first-order valence-electron chi connectivity index (χ1n) is 6.15. The molecule has 0 unspecified atom stereocenters. The maximum atomic E-state index is 11.2. The van der Waals surface area contributed by atoms with E-state index < -0.39 is 0 Å². The number of benzene rings is 2. The molecule has 2 nitrogen and oxygen atoms in total. The van der Waals surface area contributed by atoms with E-state index in [-0.39, 0.29) is 0 Å². The molecule has 0 amide bonds. The van der Waals surface area contributed by atoms with Crippen LogP contribution in [0.4, 0.5) is 0 Å². The minimum atomic E-state index is 0.719. The zero-order valence-corrected chi connectivity index (χ0v) is 13.7. The summed E-state index contributed by atoms with van der Waals surface area (Å²) in [7, 11) is 0. The minimum absolute atomic E-state index is 0.719. The van der Waals surface area contributed by atoms with E-state index >= 15 is 0 Å². The van der Waals surface area contributed by atoms with Gasteiger partial charge in [-0.1, -0.05) is 44.0 Å². The Hall–Kier alpha value is -1.39. The van der Waals surface area contributed by atoms with Crippen molar-refractivity contribution in [3.63, 3.8) is 0 Å². The Morgan fingerprint density at radius 2 is 1.85 bits per heavy atom. The monoisotopic (exact) mass is 391 g/mol. The van der Waals surface area contributed by atoms with E-state index in [4.69, 9.17) is 0 Å². The summed E-state index contributed by atoms with van der Waals surface area (Å²) in [6.45, 7) is 0.741. The lowest BCUT2D eigenvalue weighted by Crippen LogP contribution is -1.97. The largest absolute Gasteiger partial charge is 0.342 e. The molecule has 1 heterocycles. The number of hydrogen-bond donors (Lipinski definition) is 0. The molecule has 3 rings (SSSR count). The molecule has 0 saturated heterocycles. The van der Waals surface area contributed by atoms with E-state index in [1.165, 1.54) is 5.56 Å². The number of halogens is 2. The average Bonchev–Trinajstić information content (AvgIpc) is 2.76. The summed E-state index contributed by atoms with van der Waals surface area (Å²) < 4.78 is 4.14. The van der Waals surface area contributed by atoms with Crippen LogP contribution in [0, 0.1) is 0 Å². The van der Waals surface area contributed by atoms with Crippen molar-refractivity contribution < 1.29 is 4.79 Å². The molecule has 100 valence electrons. The molecule has 20 heavy (non-hydrogen) atoms. The highest BCUT2D eigenvalue weighted by Crippen LogP contribution is 2.25. The van der Waals surface area contributed by atoms with E-state index in [0.29, 0.717) is 0 Å². The fraction of sp³-hybridized carbons (Fsp3) is 0.0625. The molecule has 0 atom stereocenters. The van der Waals surface area contributed by atoms with Crippen molar-refractivity contribution in [1.82, 2.24) is 4.57 Å². The molecule has 0 aliphatic rings. The molecular weight excluding hydrogens is 382 g/mol. The molecule has 4 heteroatoms. The molecule has 0 N–H and O–H groups in total. The van der Waals surface area contributed by atoms with Gasteiger partial charge in [-0.2, -0.15) is 0 Å². The van der Waals surface area contributed by atoms with Crippen LogP contribution in [-0.4, -0.2) is 10.9 Å². The average molecular weight is 393 g/mol. The molecule has 0 spiro atoms. The van der Waals surface area contributed by atoms with Crippen molar-refractivity contribution in [2.45, 2.75) is 6.54 Å². The number of nitrogens with zero attached hydrogens (tertiary/aromatic N) is 1. The summed E-state index contributed by atoms with van der Waals surface area (Å²) in [5.41, 5.74) is 2.98. The van der Waals surface area contributed by atoms with Gasteiger partial charge in [0.15, 0.2) is 6.29 Å². The van der Waals surface area contributed by atoms with E-state index in [0.717, 1.165) is 38.2 Å². The number of hydrogen-bond acceptors (Lipinski definition) is 1. The summed E-state index contributed by atoms with van der Waals surface area (Å²) in [4.78, 5) is 11.2. The highest BCUT2D eigenvalue weighted by Gasteiger charge is 2.08. The highest BCUT2D eigenvalue weighted by atomic mass is 79.9. The van der Waals surface area contributed by atoms with Crippen molar-refractivity contribution in [3.8, 4) is 0 Å². The van der Waals surface area contributed by atoms with Crippen LogP contribution in [0.5, 0.6) is 0 Å². The van der Waals surface area contributed by atoms with E-state index in [9.17, 15) is 4.79 Å². The van der Waals surface area contributed by atoms with Gasteiger partial charge in [0, 0.05) is 38.2 Å². The van der Waals surface area contributed by atoms with Gasteiger partial charge in [0.05, 0.1) is 0 Å². The third-order valence-electron chi connectivity index (χ3n) is 3.24. The Morgan fingerprint density at radius 3 is 2.60 bits per heavy atom.